The van der Waals surface area contributed by atoms with E-state index in [1.54, 1.807) is 14.2 Å². The average Bonchev–Trinajstić information content (AvgIpc) is 3.41. The van der Waals surface area contributed by atoms with Gasteiger partial charge in [-0.3, -0.25) is 9.59 Å². The van der Waals surface area contributed by atoms with Gasteiger partial charge in [-0.1, -0.05) is 54.6 Å². The second-order valence-electron chi connectivity index (χ2n) is 9.86. The molecule has 1 N–H and O–H groups in total. The molecule has 0 aromatic heterocycles. The molecule has 2 aliphatic heterocycles. The highest BCUT2D eigenvalue weighted by Crippen LogP contribution is 2.52. The van der Waals surface area contributed by atoms with Crippen LogP contribution in [0.5, 0.6) is 11.5 Å². The van der Waals surface area contributed by atoms with E-state index in [2.05, 4.69) is 0 Å². The number of rotatable bonds is 9. The predicted octanol–water partition coefficient (Wildman–Crippen LogP) is 3.74. The summed E-state index contributed by atoms with van der Waals surface area (Å²) in [6, 6.07) is 24.3. The smallest absolute Gasteiger partial charge is 0.303 e. The number of benzene rings is 3. The summed E-state index contributed by atoms with van der Waals surface area (Å²) in [6.45, 7) is 2.55. The van der Waals surface area contributed by atoms with Crippen LogP contribution in [0.25, 0.3) is 0 Å². The van der Waals surface area contributed by atoms with Crippen molar-refractivity contribution in [1.29, 1.82) is 0 Å². The van der Waals surface area contributed by atoms with E-state index in [1.165, 1.54) is 13.8 Å². The summed E-state index contributed by atoms with van der Waals surface area (Å²) >= 11 is 0. The Labute approximate surface area is 232 Å². The van der Waals surface area contributed by atoms with Gasteiger partial charge in [0.2, 0.25) is 5.79 Å². The van der Waals surface area contributed by atoms with Crippen LogP contribution in [0.1, 0.15) is 37.0 Å². The van der Waals surface area contributed by atoms with Crippen molar-refractivity contribution in [2.75, 3.05) is 14.2 Å². The van der Waals surface area contributed by atoms with Crippen molar-refractivity contribution in [2.45, 2.75) is 56.1 Å². The van der Waals surface area contributed by atoms with Crippen LogP contribution in [0.15, 0.2) is 78.9 Å². The van der Waals surface area contributed by atoms with E-state index in [0.29, 0.717) is 22.6 Å². The Balaban J connectivity index is 1.72. The second-order valence-corrected chi connectivity index (χ2v) is 9.86. The molecule has 5 atom stereocenters. The standard InChI is InChI=1S/C31H32O9/c1-19(32)37-27-18-26-28(38-20(2)33)29(31(27,34)39-26)40-30(21-8-6-5-7-9-21,22-10-14-24(35-3)15-11-22)23-12-16-25(36-4)17-13-23/h5-17,26-29,34H,18H2,1-4H3. The van der Waals surface area contributed by atoms with Crippen molar-refractivity contribution >= 4 is 11.9 Å². The Morgan fingerprint density at radius 2 is 1.30 bits per heavy atom. The number of carbonyl (C=O) groups excluding carboxylic acids is 2. The maximum atomic E-state index is 12.2. The molecule has 0 amide bonds. The van der Waals surface area contributed by atoms with Gasteiger partial charge in [-0.15, -0.1) is 0 Å². The molecule has 5 rings (SSSR count). The molecule has 9 nitrogen and oxygen atoms in total. The molecular formula is C31H32O9. The molecule has 3 aromatic carbocycles. The van der Waals surface area contributed by atoms with Gasteiger partial charge in [-0.2, -0.15) is 0 Å². The van der Waals surface area contributed by atoms with Gasteiger partial charge in [0.15, 0.2) is 18.3 Å². The third kappa shape index (κ3) is 4.81. The third-order valence-electron chi connectivity index (χ3n) is 7.41. The van der Waals surface area contributed by atoms with E-state index in [0.717, 1.165) is 5.56 Å². The van der Waals surface area contributed by atoms with Gasteiger partial charge in [0.05, 0.1) is 14.2 Å². The molecule has 3 aromatic rings. The SMILES string of the molecule is COc1ccc(C(OC2C(OC(C)=O)C3CC(OC(C)=O)C2(O)O3)(c2ccccc2)c2ccc(OC)cc2)cc1. The minimum Gasteiger partial charge on any atom is -0.497 e. The van der Waals surface area contributed by atoms with Crippen molar-refractivity contribution in [3.8, 4) is 11.5 Å². The molecule has 0 radical (unpaired) electrons. The lowest BCUT2D eigenvalue weighted by Crippen LogP contribution is -2.59. The Morgan fingerprint density at radius 1 is 0.800 bits per heavy atom. The Kier molecular flexibility index (Phi) is 7.55. The van der Waals surface area contributed by atoms with E-state index >= 15 is 0 Å². The van der Waals surface area contributed by atoms with Gasteiger partial charge in [-0.25, -0.2) is 0 Å². The molecule has 2 fully saturated rings. The lowest BCUT2D eigenvalue weighted by molar-refractivity contribution is -0.274. The van der Waals surface area contributed by atoms with Crippen LogP contribution >= 0.6 is 0 Å². The largest absolute Gasteiger partial charge is 0.497 e. The first-order valence-corrected chi connectivity index (χ1v) is 13.0. The molecule has 0 aliphatic carbocycles. The quantitative estimate of drug-likeness (QED) is 0.316. The first-order chi connectivity index (χ1) is 19.2. The summed E-state index contributed by atoms with van der Waals surface area (Å²) in [4.78, 5) is 24.1. The number of esters is 2. The van der Waals surface area contributed by atoms with Crippen LogP contribution in [0.4, 0.5) is 0 Å². The van der Waals surface area contributed by atoms with Crippen LogP contribution in [-0.4, -0.2) is 61.5 Å². The first-order valence-electron chi connectivity index (χ1n) is 13.0. The van der Waals surface area contributed by atoms with E-state index < -0.39 is 47.7 Å². The number of methoxy groups -OCH3 is 2. The highest BCUT2D eigenvalue weighted by molar-refractivity contribution is 5.67. The average molecular weight is 549 g/mol. The number of ether oxygens (including phenoxy) is 6. The fraction of sp³-hybridized carbons (Fsp3) is 0.355. The van der Waals surface area contributed by atoms with Gasteiger partial charge >= 0.3 is 11.9 Å². The lowest BCUT2D eigenvalue weighted by Gasteiger charge is -2.44. The monoisotopic (exact) mass is 548 g/mol. The van der Waals surface area contributed by atoms with Crippen molar-refractivity contribution in [3.63, 3.8) is 0 Å². The fourth-order valence-electron chi connectivity index (χ4n) is 5.66. The zero-order valence-corrected chi connectivity index (χ0v) is 22.7. The van der Waals surface area contributed by atoms with Gasteiger partial charge in [0, 0.05) is 20.3 Å². The van der Waals surface area contributed by atoms with Crippen molar-refractivity contribution < 1.29 is 43.1 Å². The molecular weight excluding hydrogens is 516 g/mol. The van der Waals surface area contributed by atoms with E-state index in [9.17, 15) is 14.7 Å². The van der Waals surface area contributed by atoms with Crippen LogP contribution < -0.4 is 9.47 Å². The molecule has 5 unspecified atom stereocenters. The first kappa shape index (κ1) is 27.6. The number of hydrogen-bond acceptors (Lipinski definition) is 9. The summed E-state index contributed by atoms with van der Waals surface area (Å²) in [5.41, 5.74) is 0.818. The molecule has 40 heavy (non-hydrogen) atoms. The molecule has 210 valence electrons. The fourth-order valence-corrected chi connectivity index (χ4v) is 5.66. The third-order valence-corrected chi connectivity index (χ3v) is 7.41. The van der Waals surface area contributed by atoms with Crippen molar-refractivity contribution in [2.24, 2.45) is 0 Å². The Hall–Kier alpha value is -3.92. The summed E-state index contributed by atoms with van der Waals surface area (Å²) in [5.74, 6) is -1.90. The van der Waals surface area contributed by atoms with Crippen LogP contribution in [0, 0.1) is 0 Å². The molecule has 2 saturated heterocycles. The number of aliphatic hydroxyl groups is 1. The highest BCUT2D eigenvalue weighted by atomic mass is 16.7. The zero-order valence-electron chi connectivity index (χ0n) is 22.7. The summed E-state index contributed by atoms with van der Waals surface area (Å²) < 4.78 is 34.9. The Morgan fingerprint density at radius 3 is 1.77 bits per heavy atom. The number of carbonyl (C=O) groups is 2. The van der Waals surface area contributed by atoms with Crippen LogP contribution in [0.3, 0.4) is 0 Å². The van der Waals surface area contributed by atoms with Crippen LogP contribution in [0.2, 0.25) is 0 Å². The molecule has 9 heteroatoms. The molecule has 2 heterocycles. The van der Waals surface area contributed by atoms with Gasteiger partial charge in [0.1, 0.15) is 23.2 Å². The second kappa shape index (κ2) is 10.9. The van der Waals surface area contributed by atoms with Gasteiger partial charge in [-0.05, 0) is 41.0 Å². The van der Waals surface area contributed by atoms with Gasteiger partial charge in [0.25, 0.3) is 0 Å². The topological polar surface area (TPSA) is 110 Å². The number of hydrogen-bond donors (Lipinski definition) is 1. The van der Waals surface area contributed by atoms with E-state index in [4.69, 9.17) is 28.4 Å². The highest BCUT2D eigenvalue weighted by Gasteiger charge is 2.69. The Bertz CT molecular complexity index is 1290. The maximum Gasteiger partial charge on any atom is 0.303 e. The molecule has 0 saturated carbocycles. The number of fused-ring (bicyclic) bond motifs is 2. The minimum atomic E-state index is -2.07. The van der Waals surface area contributed by atoms with Crippen molar-refractivity contribution in [3.05, 3.63) is 95.6 Å². The zero-order chi connectivity index (χ0) is 28.5. The normalized spacial score (nSPS) is 25.3. The molecule has 2 aliphatic rings. The summed E-state index contributed by atoms with van der Waals surface area (Å²) in [6.07, 6.45) is -3.81. The summed E-state index contributed by atoms with van der Waals surface area (Å²) in [7, 11) is 3.17. The van der Waals surface area contributed by atoms with Crippen molar-refractivity contribution in [1.82, 2.24) is 0 Å². The molecule has 0 spiro atoms. The maximum absolute atomic E-state index is 12.2. The van der Waals surface area contributed by atoms with Gasteiger partial charge < -0.3 is 33.5 Å². The van der Waals surface area contributed by atoms with E-state index in [-0.39, 0.29) is 6.42 Å². The predicted molar refractivity (Wildman–Crippen MR) is 143 cm³/mol. The lowest BCUT2D eigenvalue weighted by atomic mass is 9.78. The van der Waals surface area contributed by atoms with Crippen LogP contribution in [-0.2, 0) is 34.1 Å². The van der Waals surface area contributed by atoms with E-state index in [1.807, 2.05) is 78.9 Å². The molecule has 2 bridgehead atoms. The summed E-state index contributed by atoms with van der Waals surface area (Å²) in [5, 5.41) is 11.9. The minimum absolute atomic E-state index is 0.150.